The first-order valence-electron chi connectivity index (χ1n) is 6.30. The second-order valence-electron chi connectivity index (χ2n) is 4.51. The van der Waals surface area contributed by atoms with Crippen molar-refractivity contribution >= 4 is 18.5 Å². The van der Waals surface area contributed by atoms with Crippen molar-refractivity contribution in [2.24, 2.45) is 5.10 Å². The Morgan fingerprint density at radius 1 is 1.65 bits per heavy atom. The first-order chi connectivity index (χ1) is 9.67. The van der Waals surface area contributed by atoms with Gasteiger partial charge in [-0.25, -0.2) is 9.78 Å². The van der Waals surface area contributed by atoms with Gasteiger partial charge >= 0.3 is 5.97 Å². The number of hydrogen-bond donors (Lipinski definition) is 3. The Balaban J connectivity index is 2.51. The van der Waals surface area contributed by atoms with Crippen LogP contribution in [0.25, 0.3) is 0 Å². The maximum absolute atomic E-state index is 11.4. The van der Waals surface area contributed by atoms with Gasteiger partial charge in [0.15, 0.2) is 5.82 Å². The highest BCUT2D eigenvalue weighted by Gasteiger charge is 2.24. The van der Waals surface area contributed by atoms with E-state index in [0.29, 0.717) is 5.69 Å². The molecule has 1 atom stereocenters. The van der Waals surface area contributed by atoms with Crippen LogP contribution in [0, 0.1) is 11.3 Å². The Morgan fingerprint density at radius 3 is 3.00 bits per heavy atom. The van der Waals surface area contributed by atoms with Gasteiger partial charge in [-0.3, -0.25) is 5.43 Å². The van der Waals surface area contributed by atoms with Crippen LogP contribution in [0.2, 0.25) is 0 Å². The Kier molecular flexibility index (Phi) is 4.27. The molecule has 1 aromatic rings. The van der Waals surface area contributed by atoms with E-state index in [9.17, 15) is 9.90 Å². The first kappa shape index (κ1) is 14.0. The molecule has 0 radical (unpaired) electrons. The molecule has 0 aliphatic carbocycles. The summed E-state index contributed by atoms with van der Waals surface area (Å²) in [5.74, 6) is -0.857. The normalized spacial score (nSPS) is 18.1. The van der Waals surface area contributed by atoms with Crippen LogP contribution in [0.4, 0.5) is 5.82 Å². The van der Waals surface area contributed by atoms with E-state index in [0.717, 1.165) is 25.8 Å². The molecule has 0 bridgehead atoms. The number of carbonyl (C=O) groups is 1. The lowest BCUT2D eigenvalue weighted by molar-refractivity contribution is 0.0693. The Hall–Kier alpha value is -2.46. The number of piperidine rings is 1. The van der Waals surface area contributed by atoms with Gasteiger partial charge in [0.1, 0.15) is 6.07 Å². The SMILES string of the molecule is C=NNc1nc(C2CCCCN2)c(C(=O)O)cc1C#N. The average molecular weight is 273 g/mol. The molecular weight excluding hydrogens is 258 g/mol. The number of aromatic carboxylic acids is 1. The largest absolute Gasteiger partial charge is 0.478 e. The van der Waals surface area contributed by atoms with Crippen molar-refractivity contribution in [2.45, 2.75) is 25.3 Å². The molecule has 1 fully saturated rings. The monoisotopic (exact) mass is 273 g/mol. The van der Waals surface area contributed by atoms with Crippen LogP contribution in [0.1, 0.15) is 46.9 Å². The Morgan fingerprint density at radius 2 is 2.45 bits per heavy atom. The Bertz CT molecular complexity index is 573. The van der Waals surface area contributed by atoms with Gasteiger partial charge in [-0.15, -0.1) is 0 Å². The number of nitrogens with zero attached hydrogens (tertiary/aromatic N) is 3. The van der Waals surface area contributed by atoms with E-state index < -0.39 is 5.97 Å². The lowest BCUT2D eigenvalue weighted by atomic mass is 9.97. The van der Waals surface area contributed by atoms with E-state index in [4.69, 9.17) is 5.26 Å². The number of anilines is 1. The summed E-state index contributed by atoms with van der Waals surface area (Å²) >= 11 is 0. The van der Waals surface area contributed by atoms with Crippen molar-refractivity contribution in [2.75, 3.05) is 12.0 Å². The van der Waals surface area contributed by atoms with Gasteiger partial charge in [0, 0.05) is 6.72 Å². The smallest absolute Gasteiger partial charge is 0.337 e. The second-order valence-corrected chi connectivity index (χ2v) is 4.51. The number of nitriles is 1. The molecular formula is C13H15N5O2. The van der Waals surface area contributed by atoms with Gasteiger partial charge in [-0.1, -0.05) is 6.42 Å². The molecule has 0 amide bonds. The number of carboxylic acids is 1. The summed E-state index contributed by atoms with van der Waals surface area (Å²) in [5.41, 5.74) is 3.15. The molecule has 1 aliphatic rings. The van der Waals surface area contributed by atoms with Gasteiger partial charge in [0.05, 0.1) is 22.9 Å². The molecule has 7 nitrogen and oxygen atoms in total. The molecule has 3 N–H and O–H groups in total. The minimum atomic E-state index is -1.09. The van der Waals surface area contributed by atoms with Crippen LogP contribution in [0.5, 0.6) is 0 Å². The highest BCUT2D eigenvalue weighted by atomic mass is 16.4. The maximum atomic E-state index is 11.4. The van der Waals surface area contributed by atoms with Crippen LogP contribution < -0.4 is 10.7 Å². The van der Waals surface area contributed by atoms with Crippen molar-refractivity contribution < 1.29 is 9.90 Å². The van der Waals surface area contributed by atoms with Crippen molar-refractivity contribution in [3.05, 3.63) is 22.9 Å². The van der Waals surface area contributed by atoms with E-state index in [1.54, 1.807) is 0 Å². The van der Waals surface area contributed by atoms with Crippen LogP contribution in [-0.2, 0) is 0 Å². The molecule has 1 aromatic heterocycles. The van der Waals surface area contributed by atoms with Gasteiger partial charge in [-0.05, 0) is 25.5 Å². The lowest BCUT2D eigenvalue weighted by Crippen LogP contribution is -2.29. The Labute approximate surface area is 116 Å². The van der Waals surface area contributed by atoms with Crippen molar-refractivity contribution in [1.82, 2.24) is 10.3 Å². The summed E-state index contributed by atoms with van der Waals surface area (Å²) in [6.45, 7) is 4.12. The average Bonchev–Trinajstić information content (AvgIpc) is 2.48. The van der Waals surface area contributed by atoms with Crippen molar-refractivity contribution in [3.8, 4) is 6.07 Å². The fraction of sp³-hybridized carbons (Fsp3) is 0.385. The summed E-state index contributed by atoms with van der Waals surface area (Å²) in [7, 11) is 0. The zero-order chi connectivity index (χ0) is 14.5. The van der Waals surface area contributed by atoms with Gasteiger partial charge in [0.2, 0.25) is 0 Å². The van der Waals surface area contributed by atoms with Crippen LogP contribution in [-0.4, -0.2) is 29.3 Å². The van der Waals surface area contributed by atoms with Crippen LogP contribution in [0.15, 0.2) is 11.2 Å². The quantitative estimate of drug-likeness (QED) is 0.566. The lowest BCUT2D eigenvalue weighted by Gasteiger charge is -2.24. The molecule has 0 aromatic carbocycles. The predicted molar refractivity (Wildman–Crippen MR) is 73.7 cm³/mol. The molecule has 0 saturated carbocycles. The summed E-state index contributed by atoms with van der Waals surface area (Å²) in [6.07, 6.45) is 2.90. The summed E-state index contributed by atoms with van der Waals surface area (Å²) in [4.78, 5) is 15.6. The standard InChI is InChI=1S/C13H15N5O2/c1-15-18-12-8(7-14)6-9(13(19)20)11(17-12)10-4-2-3-5-16-10/h6,10,16H,1-5H2,(H,17,18)(H,19,20). The fourth-order valence-electron chi connectivity index (χ4n) is 2.30. The number of hydrazone groups is 1. The van der Waals surface area contributed by atoms with E-state index in [2.05, 4.69) is 27.5 Å². The predicted octanol–water partition coefficient (Wildman–Crippen LogP) is 1.49. The van der Waals surface area contributed by atoms with Gasteiger partial charge in [-0.2, -0.15) is 10.4 Å². The number of nitrogens with one attached hydrogen (secondary N) is 2. The van der Waals surface area contributed by atoms with E-state index in [1.165, 1.54) is 6.07 Å². The summed E-state index contributed by atoms with van der Waals surface area (Å²) in [6, 6.07) is 3.12. The summed E-state index contributed by atoms with van der Waals surface area (Å²) in [5, 5.41) is 25.1. The number of pyridine rings is 1. The van der Waals surface area contributed by atoms with Crippen molar-refractivity contribution in [3.63, 3.8) is 0 Å². The molecule has 2 heterocycles. The topological polar surface area (TPSA) is 110 Å². The molecule has 0 spiro atoms. The molecule has 2 rings (SSSR count). The third-order valence-electron chi connectivity index (χ3n) is 3.23. The maximum Gasteiger partial charge on any atom is 0.337 e. The number of rotatable bonds is 4. The van der Waals surface area contributed by atoms with E-state index in [-0.39, 0.29) is 23.0 Å². The summed E-state index contributed by atoms with van der Waals surface area (Å²) < 4.78 is 0. The zero-order valence-electron chi connectivity index (χ0n) is 10.9. The number of hydrogen-bond acceptors (Lipinski definition) is 6. The molecule has 1 aliphatic heterocycles. The zero-order valence-corrected chi connectivity index (χ0v) is 10.9. The second kappa shape index (κ2) is 6.12. The minimum Gasteiger partial charge on any atom is -0.478 e. The molecule has 104 valence electrons. The first-order valence-corrected chi connectivity index (χ1v) is 6.30. The third-order valence-corrected chi connectivity index (χ3v) is 3.23. The number of aromatic nitrogens is 1. The highest BCUT2D eigenvalue weighted by molar-refractivity contribution is 5.90. The van der Waals surface area contributed by atoms with Gasteiger partial charge in [0.25, 0.3) is 0 Å². The van der Waals surface area contributed by atoms with Crippen LogP contribution >= 0.6 is 0 Å². The highest BCUT2D eigenvalue weighted by Crippen LogP contribution is 2.27. The minimum absolute atomic E-state index is 0.0514. The van der Waals surface area contributed by atoms with E-state index in [1.807, 2.05) is 6.07 Å². The van der Waals surface area contributed by atoms with Crippen LogP contribution in [0.3, 0.4) is 0 Å². The molecule has 20 heavy (non-hydrogen) atoms. The molecule has 1 unspecified atom stereocenters. The van der Waals surface area contributed by atoms with Crippen molar-refractivity contribution in [1.29, 1.82) is 5.26 Å². The third kappa shape index (κ3) is 2.75. The fourth-order valence-corrected chi connectivity index (χ4v) is 2.30. The molecule has 7 heteroatoms. The number of carboxylic acid groups (broad SMARTS) is 1. The van der Waals surface area contributed by atoms with E-state index >= 15 is 0 Å². The molecule has 1 saturated heterocycles. The van der Waals surface area contributed by atoms with Gasteiger partial charge < -0.3 is 10.4 Å².